The van der Waals surface area contributed by atoms with Crippen molar-refractivity contribution in [2.24, 2.45) is 0 Å². The predicted octanol–water partition coefficient (Wildman–Crippen LogP) is 2.91. The van der Waals surface area contributed by atoms with Crippen molar-refractivity contribution in [1.82, 2.24) is 0 Å². The van der Waals surface area contributed by atoms with Gasteiger partial charge < -0.3 is 5.11 Å². The van der Waals surface area contributed by atoms with E-state index in [1.165, 1.54) is 10.4 Å². The van der Waals surface area contributed by atoms with Crippen LogP contribution in [0.5, 0.6) is 0 Å². The average Bonchev–Trinajstić information content (AvgIpc) is 2.92. The van der Waals surface area contributed by atoms with Crippen molar-refractivity contribution < 1.29 is 5.11 Å². The molecule has 0 amide bonds. The van der Waals surface area contributed by atoms with Crippen LogP contribution >= 0.6 is 0 Å². The minimum atomic E-state index is -1.58. The monoisotopic (exact) mass is 218 g/mol. The SMILES string of the molecule is C[Si](CCO)(C1=CCC=C1)C1=CCC=C1. The fraction of sp³-hybridized carbons (Fsp3) is 0.385. The first-order valence-electron chi connectivity index (χ1n) is 5.62. The lowest BCUT2D eigenvalue weighted by Gasteiger charge is -2.28. The highest BCUT2D eigenvalue weighted by molar-refractivity contribution is 6.93. The van der Waals surface area contributed by atoms with E-state index >= 15 is 0 Å². The molecule has 1 N–H and O–H groups in total. The number of hydrogen-bond acceptors (Lipinski definition) is 1. The number of aliphatic hydroxyl groups excluding tert-OH is 1. The van der Waals surface area contributed by atoms with Gasteiger partial charge in [-0.2, -0.15) is 0 Å². The maximum Gasteiger partial charge on any atom is 0.116 e. The lowest BCUT2D eigenvalue weighted by molar-refractivity contribution is 0.317. The van der Waals surface area contributed by atoms with Crippen LogP contribution in [0.3, 0.4) is 0 Å². The summed E-state index contributed by atoms with van der Waals surface area (Å²) >= 11 is 0. The Bertz CT molecular complexity index is 331. The minimum absolute atomic E-state index is 0.305. The van der Waals surface area contributed by atoms with Gasteiger partial charge in [0.1, 0.15) is 8.07 Å². The van der Waals surface area contributed by atoms with Crippen LogP contribution < -0.4 is 0 Å². The largest absolute Gasteiger partial charge is 0.397 e. The van der Waals surface area contributed by atoms with Crippen LogP contribution in [0.25, 0.3) is 0 Å². The Morgan fingerprint density at radius 2 is 1.67 bits per heavy atom. The third-order valence-electron chi connectivity index (χ3n) is 3.43. The maximum absolute atomic E-state index is 9.25. The lowest BCUT2D eigenvalue weighted by atomic mass is 10.5. The van der Waals surface area contributed by atoms with E-state index in [-0.39, 0.29) is 0 Å². The average molecular weight is 218 g/mol. The van der Waals surface area contributed by atoms with Crippen LogP contribution in [0, 0.1) is 0 Å². The molecule has 0 aromatic heterocycles. The van der Waals surface area contributed by atoms with Crippen LogP contribution in [0.1, 0.15) is 12.8 Å². The summed E-state index contributed by atoms with van der Waals surface area (Å²) in [5.41, 5.74) is 0. The Morgan fingerprint density at radius 3 is 2.00 bits per heavy atom. The molecule has 0 fully saturated rings. The van der Waals surface area contributed by atoms with E-state index in [0.717, 1.165) is 18.9 Å². The van der Waals surface area contributed by atoms with Gasteiger partial charge in [0.05, 0.1) is 0 Å². The van der Waals surface area contributed by atoms with Crippen LogP contribution in [0.15, 0.2) is 46.8 Å². The van der Waals surface area contributed by atoms with Gasteiger partial charge in [-0.05, 0) is 18.9 Å². The van der Waals surface area contributed by atoms with Gasteiger partial charge in [0.2, 0.25) is 0 Å². The summed E-state index contributed by atoms with van der Waals surface area (Å²) in [6.07, 6.45) is 15.8. The second kappa shape index (κ2) is 4.33. The topological polar surface area (TPSA) is 20.2 Å². The van der Waals surface area contributed by atoms with E-state index in [9.17, 15) is 5.11 Å². The number of aliphatic hydroxyl groups is 1. The third-order valence-corrected chi connectivity index (χ3v) is 7.94. The predicted molar refractivity (Wildman–Crippen MR) is 67.2 cm³/mol. The van der Waals surface area contributed by atoms with Crippen molar-refractivity contribution in [2.45, 2.75) is 25.4 Å². The molecule has 0 aliphatic heterocycles. The first-order valence-corrected chi connectivity index (χ1v) is 8.33. The highest BCUT2D eigenvalue weighted by Crippen LogP contribution is 2.34. The van der Waals surface area contributed by atoms with Crippen molar-refractivity contribution in [3.63, 3.8) is 0 Å². The van der Waals surface area contributed by atoms with Crippen molar-refractivity contribution >= 4 is 8.07 Å². The number of allylic oxidation sites excluding steroid dienone is 8. The highest BCUT2D eigenvalue weighted by Gasteiger charge is 2.34. The van der Waals surface area contributed by atoms with E-state index in [4.69, 9.17) is 0 Å². The molecule has 0 bridgehead atoms. The van der Waals surface area contributed by atoms with Crippen molar-refractivity contribution in [2.75, 3.05) is 6.61 Å². The molecular formula is C13H18OSi. The second-order valence-corrected chi connectivity index (χ2v) is 8.72. The lowest BCUT2D eigenvalue weighted by Crippen LogP contribution is -2.35. The molecular weight excluding hydrogens is 200 g/mol. The molecule has 0 heterocycles. The number of rotatable bonds is 4. The van der Waals surface area contributed by atoms with Gasteiger partial charge in [-0.3, -0.25) is 0 Å². The quantitative estimate of drug-likeness (QED) is 0.719. The zero-order valence-electron chi connectivity index (χ0n) is 9.24. The van der Waals surface area contributed by atoms with E-state index in [1.54, 1.807) is 0 Å². The van der Waals surface area contributed by atoms with Crippen molar-refractivity contribution in [3.05, 3.63) is 46.8 Å². The molecule has 0 saturated carbocycles. The molecule has 0 radical (unpaired) electrons. The molecule has 0 unspecified atom stereocenters. The van der Waals surface area contributed by atoms with Crippen LogP contribution in [-0.4, -0.2) is 19.8 Å². The Hall–Kier alpha value is -0.863. The Morgan fingerprint density at radius 1 is 1.13 bits per heavy atom. The zero-order valence-corrected chi connectivity index (χ0v) is 10.2. The third kappa shape index (κ3) is 1.92. The van der Waals surface area contributed by atoms with E-state index in [0.29, 0.717) is 6.61 Å². The molecule has 80 valence electrons. The minimum Gasteiger partial charge on any atom is -0.397 e. The van der Waals surface area contributed by atoms with E-state index in [1.807, 2.05) is 0 Å². The standard InChI is InChI=1S/C13H18OSi/c1-15(11-10-14,12-6-2-3-7-12)13-8-4-5-9-13/h2,4,6-9,14H,3,5,10-11H2,1H3. The first-order chi connectivity index (χ1) is 7.27. The van der Waals surface area contributed by atoms with E-state index < -0.39 is 8.07 Å². The molecule has 2 heteroatoms. The molecule has 0 aromatic carbocycles. The van der Waals surface area contributed by atoms with Gasteiger partial charge in [0.25, 0.3) is 0 Å². The van der Waals surface area contributed by atoms with Gasteiger partial charge in [-0.15, -0.1) is 0 Å². The van der Waals surface area contributed by atoms with Crippen LogP contribution in [0.2, 0.25) is 12.6 Å². The first kappa shape index (κ1) is 10.6. The summed E-state index contributed by atoms with van der Waals surface area (Å²) in [5.74, 6) is 0. The molecule has 0 atom stereocenters. The second-order valence-electron chi connectivity index (χ2n) is 4.40. The molecule has 0 aromatic rings. The molecule has 0 spiro atoms. The molecule has 0 saturated heterocycles. The van der Waals surface area contributed by atoms with Crippen LogP contribution in [-0.2, 0) is 0 Å². The van der Waals surface area contributed by atoms with Gasteiger partial charge >= 0.3 is 0 Å². The normalized spacial score (nSPS) is 19.6. The molecule has 1 nitrogen and oxygen atoms in total. The Balaban J connectivity index is 2.30. The molecule has 15 heavy (non-hydrogen) atoms. The summed E-state index contributed by atoms with van der Waals surface area (Å²) < 4.78 is 0. The van der Waals surface area contributed by atoms with Gasteiger partial charge in [0.15, 0.2) is 0 Å². The maximum atomic E-state index is 9.25. The summed E-state index contributed by atoms with van der Waals surface area (Å²) in [7, 11) is -1.58. The summed E-state index contributed by atoms with van der Waals surface area (Å²) in [6, 6.07) is 0.944. The van der Waals surface area contributed by atoms with Gasteiger partial charge in [-0.1, -0.05) is 53.4 Å². The Kier molecular flexibility index (Phi) is 3.07. The fourth-order valence-corrected chi connectivity index (χ4v) is 5.88. The molecule has 2 aliphatic rings. The molecule has 2 aliphatic carbocycles. The summed E-state index contributed by atoms with van der Waals surface area (Å²) in [5, 5.41) is 12.2. The van der Waals surface area contributed by atoms with Gasteiger partial charge in [-0.25, -0.2) is 0 Å². The smallest absolute Gasteiger partial charge is 0.116 e. The zero-order chi connectivity index (χ0) is 10.7. The summed E-state index contributed by atoms with van der Waals surface area (Å²) in [6.45, 7) is 2.67. The van der Waals surface area contributed by atoms with Crippen molar-refractivity contribution in [3.8, 4) is 0 Å². The molecule has 2 rings (SSSR count). The Labute approximate surface area is 92.5 Å². The fourth-order valence-electron chi connectivity index (χ4n) is 2.41. The van der Waals surface area contributed by atoms with Gasteiger partial charge in [0, 0.05) is 6.61 Å². The summed E-state index contributed by atoms with van der Waals surface area (Å²) in [4.78, 5) is 0. The number of hydrogen-bond donors (Lipinski definition) is 1. The van der Waals surface area contributed by atoms with Crippen LogP contribution in [0.4, 0.5) is 0 Å². The highest BCUT2D eigenvalue weighted by atomic mass is 28.3. The van der Waals surface area contributed by atoms with E-state index in [2.05, 4.69) is 43.0 Å². The van der Waals surface area contributed by atoms with Crippen molar-refractivity contribution in [1.29, 1.82) is 0 Å².